The number of nitrogens with zero attached hydrogens (tertiary/aromatic N) is 3. The SMILES string of the molecule is CNC(=O)c1cc(Oc2ccc(NC(=O)Nc3cc(C(C)(C)C)nn3-c3cccc(COC(C)=O)c3)c(F)c2)ccn1. The number of hydrogen-bond donors (Lipinski definition) is 3. The summed E-state index contributed by atoms with van der Waals surface area (Å²) in [5.74, 6) is -0.705. The Morgan fingerprint density at radius 1 is 0.976 bits per heavy atom. The zero-order valence-electron chi connectivity index (χ0n) is 23.8. The summed E-state index contributed by atoms with van der Waals surface area (Å²) in [4.78, 5) is 40.0. The highest BCUT2D eigenvalue weighted by atomic mass is 19.1. The fourth-order valence-electron chi connectivity index (χ4n) is 3.79. The number of hydrogen-bond acceptors (Lipinski definition) is 7. The summed E-state index contributed by atoms with van der Waals surface area (Å²) >= 11 is 0. The molecule has 0 unspecified atom stereocenters. The van der Waals surface area contributed by atoms with Gasteiger partial charge in [-0.2, -0.15) is 5.10 Å². The van der Waals surface area contributed by atoms with Crippen LogP contribution in [0, 0.1) is 5.82 Å². The lowest BCUT2D eigenvalue weighted by molar-refractivity contribution is -0.142. The lowest BCUT2D eigenvalue weighted by Gasteiger charge is -2.14. The molecule has 3 N–H and O–H groups in total. The third-order valence-corrected chi connectivity index (χ3v) is 5.93. The molecule has 0 saturated carbocycles. The van der Waals surface area contributed by atoms with Gasteiger partial charge in [-0.3, -0.25) is 19.9 Å². The minimum atomic E-state index is -0.731. The molecule has 0 aliphatic heterocycles. The second-order valence-corrected chi connectivity index (χ2v) is 10.3. The zero-order valence-corrected chi connectivity index (χ0v) is 23.8. The fourth-order valence-corrected chi connectivity index (χ4v) is 3.79. The predicted octanol–water partition coefficient (Wildman–Crippen LogP) is 5.56. The Balaban J connectivity index is 1.51. The van der Waals surface area contributed by atoms with Crippen molar-refractivity contribution in [3.05, 3.63) is 89.6 Å². The molecule has 12 heteroatoms. The summed E-state index contributed by atoms with van der Waals surface area (Å²) in [5, 5.41) is 12.4. The molecule has 0 aliphatic rings. The average molecular weight is 575 g/mol. The van der Waals surface area contributed by atoms with Crippen LogP contribution < -0.4 is 20.7 Å². The number of amides is 3. The molecule has 0 fully saturated rings. The normalized spacial score (nSPS) is 11.0. The molecule has 218 valence electrons. The van der Waals surface area contributed by atoms with Crippen LogP contribution in [0.4, 0.5) is 20.7 Å². The second kappa shape index (κ2) is 12.5. The molecule has 0 aliphatic carbocycles. The van der Waals surface area contributed by atoms with E-state index >= 15 is 0 Å². The molecular formula is C30H31FN6O5. The third-order valence-electron chi connectivity index (χ3n) is 5.93. The molecule has 2 aromatic heterocycles. The van der Waals surface area contributed by atoms with Gasteiger partial charge in [-0.15, -0.1) is 0 Å². The van der Waals surface area contributed by atoms with Crippen LogP contribution in [-0.2, 0) is 21.6 Å². The van der Waals surface area contributed by atoms with Gasteiger partial charge in [-0.05, 0) is 35.9 Å². The van der Waals surface area contributed by atoms with E-state index in [2.05, 4.69) is 26.0 Å². The number of anilines is 2. The van der Waals surface area contributed by atoms with Gasteiger partial charge in [-0.25, -0.2) is 13.9 Å². The van der Waals surface area contributed by atoms with Gasteiger partial charge in [0.1, 0.15) is 35.4 Å². The summed E-state index contributed by atoms with van der Waals surface area (Å²) in [6.07, 6.45) is 1.41. The average Bonchev–Trinajstić information content (AvgIpc) is 3.37. The van der Waals surface area contributed by atoms with E-state index in [9.17, 15) is 18.8 Å². The highest BCUT2D eigenvalue weighted by molar-refractivity contribution is 5.99. The number of carbonyl (C=O) groups is 3. The van der Waals surface area contributed by atoms with Gasteiger partial charge in [0.25, 0.3) is 5.91 Å². The van der Waals surface area contributed by atoms with Crippen LogP contribution in [0.25, 0.3) is 5.69 Å². The van der Waals surface area contributed by atoms with E-state index in [-0.39, 0.29) is 35.1 Å². The Morgan fingerprint density at radius 2 is 1.74 bits per heavy atom. The molecular weight excluding hydrogens is 543 g/mol. The maximum Gasteiger partial charge on any atom is 0.324 e. The number of benzene rings is 2. The van der Waals surface area contributed by atoms with Gasteiger partial charge in [-0.1, -0.05) is 32.9 Å². The van der Waals surface area contributed by atoms with Crippen LogP contribution in [0.3, 0.4) is 0 Å². The van der Waals surface area contributed by atoms with E-state index < -0.39 is 17.8 Å². The van der Waals surface area contributed by atoms with E-state index in [4.69, 9.17) is 9.47 Å². The van der Waals surface area contributed by atoms with Gasteiger partial charge >= 0.3 is 12.0 Å². The molecule has 42 heavy (non-hydrogen) atoms. The molecule has 0 spiro atoms. The predicted molar refractivity (Wildman–Crippen MR) is 154 cm³/mol. The van der Waals surface area contributed by atoms with Crippen molar-refractivity contribution in [3.8, 4) is 17.2 Å². The minimum absolute atomic E-state index is 0.0777. The maximum atomic E-state index is 14.9. The van der Waals surface area contributed by atoms with E-state index in [0.29, 0.717) is 22.9 Å². The molecule has 0 atom stereocenters. The summed E-state index contributed by atoms with van der Waals surface area (Å²) in [6.45, 7) is 7.40. The van der Waals surface area contributed by atoms with Crippen LogP contribution in [-0.4, -0.2) is 39.7 Å². The van der Waals surface area contributed by atoms with Gasteiger partial charge < -0.3 is 20.1 Å². The number of esters is 1. The van der Waals surface area contributed by atoms with E-state index in [1.807, 2.05) is 26.8 Å². The largest absolute Gasteiger partial charge is 0.461 e. The van der Waals surface area contributed by atoms with Crippen molar-refractivity contribution in [2.45, 2.75) is 39.7 Å². The van der Waals surface area contributed by atoms with Crippen LogP contribution in [0.15, 0.2) is 66.9 Å². The van der Waals surface area contributed by atoms with Crippen molar-refractivity contribution < 1.29 is 28.2 Å². The molecule has 0 radical (unpaired) electrons. The van der Waals surface area contributed by atoms with Crippen LogP contribution in [0.1, 0.15) is 49.4 Å². The molecule has 2 aromatic carbocycles. The third kappa shape index (κ3) is 7.47. The topological polar surface area (TPSA) is 136 Å². The first-order valence-corrected chi connectivity index (χ1v) is 13.0. The number of aromatic nitrogens is 3. The summed E-state index contributed by atoms with van der Waals surface area (Å²) in [6, 6.07) is 15.2. The highest BCUT2D eigenvalue weighted by Gasteiger charge is 2.22. The molecule has 0 bridgehead atoms. The van der Waals surface area contributed by atoms with E-state index in [0.717, 1.165) is 11.6 Å². The summed E-state index contributed by atoms with van der Waals surface area (Å²) < 4.78 is 27.3. The fraction of sp³-hybridized carbons (Fsp3) is 0.233. The van der Waals surface area contributed by atoms with Crippen LogP contribution in [0.5, 0.6) is 11.5 Å². The number of rotatable bonds is 8. The monoisotopic (exact) mass is 574 g/mol. The molecule has 11 nitrogen and oxygen atoms in total. The van der Waals surface area contributed by atoms with Crippen molar-refractivity contribution in [3.63, 3.8) is 0 Å². The Bertz CT molecular complexity index is 1630. The summed E-state index contributed by atoms with van der Waals surface area (Å²) in [5.41, 5.74) is 1.83. The Labute approximate surface area is 242 Å². The second-order valence-electron chi connectivity index (χ2n) is 10.3. The van der Waals surface area contributed by atoms with Crippen molar-refractivity contribution >= 4 is 29.4 Å². The minimum Gasteiger partial charge on any atom is -0.461 e. The van der Waals surface area contributed by atoms with Crippen molar-refractivity contribution in [2.24, 2.45) is 0 Å². The number of ether oxygens (including phenoxy) is 2. The van der Waals surface area contributed by atoms with E-state index in [1.165, 1.54) is 44.4 Å². The molecule has 3 amide bonds. The first-order chi connectivity index (χ1) is 19.9. The standard InChI is InChI=1S/C30H31FN6O5/c1-18(38)41-17-19-7-6-8-20(13-19)37-27(16-26(36-37)30(2,3)4)35-29(40)34-24-10-9-21(14-23(24)31)42-22-11-12-33-25(15-22)28(39)32-5/h6-16H,17H2,1-5H3,(H,32,39)(H2,34,35,40). The number of halogens is 1. The van der Waals surface area contributed by atoms with Crippen molar-refractivity contribution in [1.82, 2.24) is 20.1 Å². The van der Waals surface area contributed by atoms with E-state index in [1.54, 1.807) is 28.9 Å². The number of urea groups is 1. The van der Waals surface area contributed by atoms with Gasteiger partial charge in [0.05, 0.1) is 17.1 Å². The number of pyridine rings is 1. The Kier molecular flexibility index (Phi) is 8.84. The van der Waals surface area contributed by atoms with Crippen LogP contribution >= 0.6 is 0 Å². The van der Waals surface area contributed by atoms with Crippen LogP contribution in [0.2, 0.25) is 0 Å². The maximum absolute atomic E-state index is 14.9. The number of carbonyl (C=O) groups excluding carboxylic acids is 3. The van der Waals surface area contributed by atoms with Crippen molar-refractivity contribution in [2.75, 3.05) is 17.7 Å². The van der Waals surface area contributed by atoms with Gasteiger partial charge in [0.2, 0.25) is 0 Å². The van der Waals surface area contributed by atoms with Gasteiger partial charge in [0.15, 0.2) is 0 Å². The molecule has 4 rings (SSSR count). The summed E-state index contributed by atoms with van der Waals surface area (Å²) in [7, 11) is 1.48. The molecule has 0 saturated heterocycles. The lowest BCUT2D eigenvalue weighted by atomic mass is 9.92. The Hall–Kier alpha value is -5.26. The first kappa shape index (κ1) is 29.7. The smallest absolute Gasteiger partial charge is 0.324 e. The quantitative estimate of drug-likeness (QED) is 0.234. The highest BCUT2D eigenvalue weighted by Crippen LogP contribution is 2.28. The number of nitrogens with one attached hydrogen (secondary N) is 3. The lowest BCUT2D eigenvalue weighted by Crippen LogP contribution is -2.22. The van der Waals surface area contributed by atoms with Gasteiger partial charge in [0, 0.05) is 43.8 Å². The molecule has 4 aromatic rings. The molecule has 2 heterocycles. The first-order valence-electron chi connectivity index (χ1n) is 13.0. The van der Waals surface area contributed by atoms with Crippen molar-refractivity contribution in [1.29, 1.82) is 0 Å². The Morgan fingerprint density at radius 3 is 2.43 bits per heavy atom. The zero-order chi connectivity index (χ0) is 30.4.